The predicted octanol–water partition coefficient (Wildman–Crippen LogP) is 2.74. The van der Waals surface area contributed by atoms with Crippen LogP contribution in [0.15, 0.2) is 46.9 Å². The Hall–Kier alpha value is -2.01. The maximum atomic E-state index is 11.1. The standard InChI is InChI=1S/C14H14BrN3O/c15-11-7-9(14(17)19)5-6-13(11)18-8-10-3-1-2-4-12(10)16/h1-7,18H,8,16H2,(H2,17,19). The van der Waals surface area contributed by atoms with E-state index in [-0.39, 0.29) is 0 Å². The molecule has 0 radical (unpaired) electrons. The largest absolute Gasteiger partial charge is 0.398 e. The second-order valence-electron chi connectivity index (χ2n) is 4.11. The van der Waals surface area contributed by atoms with Crippen molar-refractivity contribution in [2.24, 2.45) is 5.73 Å². The Morgan fingerprint density at radius 2 is 1.95 bits per heavy atom. The van der Waals surface area contributed by atoms with E-state index in [1.807, 2.05) is 30.3 Å². The molecule has 0 atom stereocenters. The molecule has 0 saturated carbocycles. The summed E-state index contributed by atoms with van der Waals surface area (Å²) in [6.07, 6.45) is 0. The number of anilines is 2. The van der Waals surface area contributed by atoms with Crippen LogP contribution in [0.1, 0.15) is 15.9 Å². The smallest absolute Gasteiger partial charge is 0.248 e. The lowest BCUT2D eigenvalue weighted by Gasteiger charge is -2.11. The van der Waals surface area contributed by atoms with Gasteiger partial charge in [-0.2, -0.15) is 0 Å². The third-order valence-corrected chi connectivity index (χ3v) is 3.43. The van der Waals surface area contributed by atoms with Gasteiger partial charge in [-0.1, -0.05) is 18.2 Å². The molecule has 1 amide bonds. The average Bonchev–Trinajstić information content (AvgIpc) is 2.39. The van der Waals surface area contributed by atoms with Crippen LogP contribution >= 0.6 is 15.9 Å². The number of nitrogens with one attached hydrogen (secondary N) is 1. The zero-order valence-corrected chi connectivity index (χ0v) is 11.8. The van der Waals surface area contributed by atoms with Gasteiger partial charge in [0.15, 0.2) is 0 Å². The fraction of sp³-hybridized carbons (Fsp3) is 0.0714. The fourth-order valence-corrected chi connectivity index (χ4v) is 2.22. The summed E-state index contributed by atoms with van der Waals surface area (Å²) in [5, 5.41) is 3.26. The van der Waals surface area contributed by atoms with Gasteiger partial charge >= 0.3 is 0 Å². The number of carbonyl (C=O) groups excluding carboxylic acids is 1. The molecule has 0 heterocycles. The van der Waals surface area contributed by atoms with Crippen LogP contribution in [0.3, 0.4) is 0 Å². The van der Waals surface area contributed by atoms with Gasteiger partial charge in [-0.25, -0.2) is 0 Å². The van der Waals surface area contributed by atoms with E-state index < -0.39 is 5.91 Å². The summed E-state index contributed by atoms with van der Waals surface area (Å²) in [7, 11) is 0. The first kappa shape index (κ1) is 13.4. The summed E-state index contributed by atoms with van der Waals surface area (Å²) in [6.45, 7) is 0.612. The van der Waals surface area contributed by atoms with Crippen molar-refractivity contribution < 1.29 is 4.79 Å². The highest BCUT2D eigenvalue weighted by molar-refractivity contribution is 9.10. The lowest BCUT2D eigenvalue weighted by molar-refractivity contribution is 0.100. The van der Waals surface area contributed by atoms with Crippen molar-refractivity contribution in [2.45, 2.75) is 6.54 Å². The van der Waals surface area contributed by atoms with Gasteiger partial charge in [0.25, 0.3) is 0 Å². The van der Waals surface area contributed by atoms with E-state index >= 15 is 0 Å². The second kappa shape index (κ2) is 5.75. The Labute approximate surface area is 119 Å². The van der Waals surface area contributed by atoms with E-state index in [1.165, 1.54) is 0 Å². The van der Waals surface area contributed by atoms with Crippen LogP contribution in [0.2, 0.25) is 0 Å². The van der Waals surface area contributed by atoms with E-state index in [1.54, 1.807) is 12.1 Å². The summed E-state index contributed by atoms with van der Waals surface area (Å²) in [6, 6.07) is 12.9. The number of amides is 1. The Morgan fingerprint density at radius 1 is 1.21 bits per heavy atom. The quantitative estimate of drug-likeness (QED) is 0.758. The van der Waals surface area contributed by atoms with E-state index in [0.717, 1.165) is 21.4 Å². The molecule has 5 N–H and O–H groups in total. The lowest BCUT2D eigenvalue weighted by atomic mass is 10.1. The number of rotatable bonds is 4. The molecular formula is C14H14BrN3O. The van der Waals surface area contributed by atoms with E-state index in [4.69, 9.17) is 11.5 Å². The summed E-state index contributed by atoms with van der Waals surface area (Å²) >= 11 is 3.41. The van der Waals surface area contributed by atoms with Gasteiger partial charge in [0, 0.05) is 28.0 Å². The monoisotopic (exact) mass is 319 g/mol. The Balaban J connectivity index is 2.12. The van der Waals surface area contributed by atoms with Crippen LogP contribution in [-0.4, -0.2) is 5.91 Å². The first-order valence-corrected chi connectivity index (χ1v) is 6.54. The molecule has 0 aromatic heterocycles. The van der Waals surface area contributed by atoms with Crippen molar-refractivity contribution in [3.63, 3.8) is 0 Å². The van der Waals surface area contributed by atoms with Crippen LogP contribution in [0.25, 0.3) is 0 Å². The molecule has 0 saturated heterocycles. The normalized spacial score (nSPS) is 10.2. The maximum absolute atomic E-state index is 11.1. The minimum absolute atomic E-state index is 0.445. The minimum Gasteiger partial charge on any atom is -0.398 e. The van der Waals surface area contributed by atoms with Crippen molar-refractivity contribution in [1.29, 1.82) is 0 Å². The van der Waals surface area contributed by atoms with E-state index in [2.05, 4.69) is 21.2 Å². The lowest BCUT2D eigenvalue weighted by Crippen LogP contribution is -2.11. The molecule has 0 spiro atoms. The van der Waals surface area contributed by atoms with Gasteiger partial charge in [0.05, 0.1) is 0 Å². The minimum atomic E-state index is -0.445. The van der Waals surface area contributed by atoms with Gasteiger partial charge in [-0.05, 0) is 45.8 Å². The van der Waals surface area contributed by atoms with Gasteiger partial charge in [0.1, 0.15) is 0 Å². The van der Waals surface area contributed by atoms with Gasteiger partial charge in [0.2, 0.25) is 5.91 Å². The first-order chi connectivity index (χ1) is 9.08. The molecule has 2 aromatic carbocycles. The molecule has 0 aliphatic rings. The van der Waals surface area contributed by atoms with Gasteiger partial charge in [-0.15, -0.1) is 0 Å². The Bertz CT molecular complexity index is 613. The highest BCUT2D eigenvalue weighted by Gasteiger charge is 2.05. The van der Waals surface area contributed by atoms with Crippen molar-refractivity contribution >= 4 is 33.2 Å². The number of nitrogens with two attached hydrogens (primary N) is 2. The van der Waals surface area contributed by atoms with Crippen molar-refractivity contribution in [1.82, 2.24) is 0 Å². The zero-order chi connectivity index (χ0) is 13.8. The molecule has 2 aromatic rings. The number of primary amides is 1. The number of hydrogen-bond donors (Lipinski definition) is 3. The summed E-state index contributed by atoms with van der Waals surface area (Å²) < 4.78 is 0.790. The number of benzene rings is 2. The van der Waals surface area contributed by atoms with Crippen LogP contribution in [-0.2, 0) is 6.54 Å². The van der Waals surface area contributed by atoms with Gasteiger partial charge in [-0.3, -0.25) is 4.79 Å². The fourth-order valence-electron chi connectivity index (χ4n) is 1.70. The number of halogens is 1. The molecule has 4 nitrogen and oxygen atoms in total. The van der Waals surface area contributed by atoms with Gasteiger partial charge < -0.3 is 16.8 Å². The first-order valence-electron chi connectivity index (χ1n) is 5.74. The molecule has 2 rings (SSSR count). The second-order valence-corrected chi connectivity index (χ2v) is 4.97. The SMILES string of the molecule is NC(=O)c1ccc(NCc2ccccc2N)c(Br)c1. The number of nitrogen functional groups attached to an aromatic ring is 1. The summed E-state index contributed by atoms with van der Waals surface area (Å²) in [4.78, 5) is 11.1. The summed E-state index contributed by atoms with van der Waals surface area (Å²) in [5.74, 6) is -0.445. The average molecular weight is 320 g/mol. The van der Waals surface area contributed by atoms with E-state index in [9.17, 15) is 4.79 Å². The van der Waals surface area contributed by atoms with Crippen LogP contribution in [0.4, 0.5) is 11.4 Å². The molecule has 0 bridgehead atoms. The molecular weight excluding hydrogens is 306 g/mol. The number of carbonyl (C=O) groups is 1. The molecule has 0 fully saturated rings. The van der Waals surface area contributed by atoms with Crippen LogP contribution < -0.4 is 16.8 Å². The highest BCUT2D eigenvalue weighted by atomic mass is 79.9. The van der Waals surface area contributed by atoms with Crippen LogP contribution in [0, 0.1) is 0 Å². The third kappa shape index (κ3) is 3.26. The zero-order valence-electron chi connectivity index (χ0n) is 10.2. The molecule has 19 heavy (non-hydrogen) atoms. The highest BCUT2D eigenvalue weighted by Crippen LogP contribution is 2.24. The van der Waals surface area contributed by atoms with Crippen molar-refractivity contribution in [3.8, 4) is 0 Å². The number of para-hydroxylation sites is 1. The topological polar surface area (TPSA) is 81.1 Å². The van der Waals surface area contributed by atoms with Crippen molar-refractivity contribution in [3.05, 3.63) is 58.1 Å². The molecule has 0 unspecified atom stereocenters. The summed E-state index contributed by atoms with van der Waals surface area (Å²) in [5.41, 5.74) is 14.2. The van der Waals surface area contributed by atoms with Crippen LogP contribution in [0.5, 0.6) is 0 Å². The maximum Gasteiger partial charge on any atom is 0.248 e. The third-order valence-electron chi connectivity index (χ3n) is 2.78. The predicted molar refractivity (Wildman–Crippen MR) is 80.8 cm³/mol. The molecule has 98 valence electrons. The molecule has 0 aliphatic heterocycles. The molecule has 5 heteroatoms. The Morgan fingerprint density at radius 3 is 2.58 bits per heavy atom. The Kier molecular flexibility index (Phi) is 4.06. The molecule has 0 aliphatic carbocycles. The number of hydrogen-bond acceptors (Lipinski definition) is 3. The van der Waals surface area contributed by atoms with E-state index in [0.29, 0.717) is 12.1 Å². The van der Waals surface area contributed by atoms with Crippen molar-refractivity contribution in [2.75, 3.05) is 11.1 Å².